The molecule has 1 amide bonds. The molecule has 0 spiro atoms. The lowest BCUT2D eigenvalue weighted by Gasteiger charge is -2.32. The summed E-state index contributed by atoms with van der Waals surface area (Å²) in [5, 5.41) is 11.6. The van der Waals surface area contributed by atoms with E-state index in [1.807, 2.05) is 24.3 Å². The average Bonchev–Trinajstić information content (AvgIpc) is 3.54. The molecule has 32 heavy (non-hydrogen) atoms. The van der Waals surface area contributed by atoms with Gasteiger partial charge in [0.25, 0.3) is 5.56 Å². The van der Waals surface area contributed by atoms with E-state index in [4.69, 9.17) is 4.42 Å². The molecule has 4 heterocycles. The number of piperidine rings is 1. The van der Waals surface area contributed by atoms with Crippen molar-refractivity contribution in [1.82, 2.24) is 25.1 Å². The molecule has 1 unspecified atom stereocenters. The Kier molecular flexibility index (Phi) is 5.70. The van der Waals surface area contributed by atoms with Gasteiger partial charge in [-0.25, -0.2) is 4.98 Å². The first kappa shape index (κ1) is 20.4. The molecule has 3 aromatic heterocycles. The predicted molar refractivity (Wildman–Crippen MR) is 118 cm³/mol. The fourth-order valence-corrected chi connectivity index (χ4v) is 4.10. The highest BCUT2D eigenvalue weighted by Gasteiger charge is 2.27. The average molecular weight is 435 g/mol. The summed E-state index contributed by atoms with van der Waals surface area (Å²) in [6.07, 6.45) is 7.17. The Hall–Kier alpha value is -3.49. The molecule has 2 fully saturated rings. The molecule has 1 aliphatic carbocycles. The van der Waals surface area contributed by atoms with Crippen LogP contribution >= 0.6 is 0 Å². The number of nitrogens with one attached hydrogen (secondary N) is 1. The van der Waals surface area contributed by atoms with Crippen molar-refractivity contribution in [3.05, 3.63) is 59.0 Å². The van der Waals surface area contributed by atoms with Gasteiger partial charge < -0.3 is 14.6 Å². The van der Waals surface area contributed by atoms with Crippen LogP contribution in [0.3, 0.4) is 0 Å². The number of nitrogens with zero attached hydrogens (tertiary/aromatic N) is 5. The van der Waals surface area contributed by atoms with E-state index >= 15 is 0 Å². The van der Waals surface area contributed by atoms with Crippen LogP contribution in [0, 0.1) is 5.92 Å². The summed E-state index contributed by atoms with van der Waals surface area (Å²) >= 11 is 0. The Morgan fingerprint density at radius 3 is 2.81 bits per heavy atom. The third-order valence-electron chi connectivity index (χ3n) is 6.09. The molecule has 3 aromatic rings. The molecule has 1 saturated heterocycles. The van der Waals surface area contributed by atoms with Gasteiger partial charge in [0.05, 0.1) is 24.2 Å². The van der Waals surface area contributed by atoms with Crippen molar-refractivity contribution in [3.63, 3.8) is 0 Å². The summed E-state index contributed by atoms with van der Waals surface area (Å²) in [7, 11) is 0. The monoisotopic (exact) mass is 434 g/mol. The van der Waals surface area contributed by atoms with Gasteiger partial charge in [-0.05, 0) is 49.9 Å². The zero-order valence-corrected chi connectivity index (χ0v) is 17.8. The first-order valence-corrected chi connectivity index (χ1v) is 11.1. The van der Waals surface area contributed by atoms with Gasteiger partial charge in [0.2, 0.25) is 5.91 Å². The van der Waals surface area contributed by atoms with Crippen molar-refractivity contribution in [1.29, 1.82) is 0 Å². The van der Waals surface area contributed by atoms with E-state index in [1.54, 1.807) is 23.2 Å². The molecule has 9 nitrogen and oxygen atoms in total. The summed E-state index contributed by atoms with van der Waals surface area (Å²) in [6.45, 7) is 2.25. The molecule has 0 aromatic carbocycles. The van der Waals surface area contributed by atoms with Crippen LogP contribution in [0.1, 0.15) is 37.3 Å². The lowest BCUT2D eigenvalue weighted by molar-refractivity contribution is -0.125. The number of anilines is 1. The number of carbonyl (C=O) groups is 1. The molecule has 1 aliphatic heterocycles. The number of hydrogen-bond acceptors (Lipinski definition) is 7. The highest BCUT2D eigenvalue weighted by molar-refractivity contribution is 5.79. The van der Waals surface area contributed by atoms with Gasteiger partial charge in [0.1, 0.15) is 5.69 Å². The minimum atomic E-state index is -0.123. The van der Waals surface area contributed by atoms with Gasteiger partial charge in [-0.15, -0.1) is 10.2 Å². The van der Waals surface area contributed by atoms with Gasteiger partial charge in [0, 0.05) is 38.2 Å². The first-order valence-electron chi connectivity index (χ1n) is 11.1. The van der Waals surface area contributed by atoms with Crippen LogP contribution < -0.4 is 15.8 Å². The Bertz CT molecular complexity index is 1120. The lowest BCUT2D eigenvalue weighted by atomic mass is 9.97. The molecule has 0 radical (unpaired) electrons. The zero-order chi connectivity index (χ0) is 21.9. The topological polar surface area (TPSA) is 106 Å². The van der Waals surface area contributed by atoms with Gasteiger partial charge in [-0.1, -0.05) is 0 Å². The van der Waals surface area contributed by atoms with Crippen LogP contribution in [0.5, 0.6) is 0 Å². The Labute approximate surface area is 185 Å². The largest absolute Gasteiger partial charge is 0.463 e. The molecule has 1 N–H and O–H groups in total. The Balaban J connectivity index is 1.14. The number of carbonyl (C=O) groups excluding carboxylic acids is 1. The number of rotatable bonds is 7. The van der Waals surface area contributed by atoms with Crippen molar-refractivity contribution in [3.8, 4) is 11.5 Å². The molecular formula is C23H26N6O3. The second-order valence-electron chi connectivity index (χ2n) is 8.45. The van der Waals surface area contributed by atoms with Crippen molar-refractivity contribution in [2.24, 2.45) is 5.92 Å². The summed E-state index contributed by atoms with van der Waals surface area (Å²) in [5.74, 6) is 1.77. The van der Waals surface area contributed by atoms with Crippen molar-refractivity contribution < 1.29 is 9.21 Å². The fourth-order valence-electron chi connectivity index (χ4n) is 4.10. The molecule has 166 valence electrons. The Morgan fingerprint density at radius 1 is 1.19 bits per heavy atom. The van der Waals surface area contributed by atoms with Crippen LogP contribution in [-0.4, -0.2) is 45.3 Å². The van der Waals surface area contributed by atoms with Crippen molar-refractivity contribution in [2.45, 2.75) is 38.1 Å². The van der Waals surface area contributed by atoms with E-state index in [2.05, 4.69) is 25.4 Å². The highest BCUT2D eigenvalue weighted by atomic mass is 16.3. The maximum absolute atomic E-state index is 12.7. The third kappa shape index (κ3) is 4.56. The van der Waals surface area contributed by atoms with Crippen LogP contribution in [0.15, 0.2) is 52.1 Å². The van der Waals surface area contributed by atoms with Crippen LogP contribution in [-0.2, 0) is 11.3 Å². The molecule has 1 atom stereocenters. The minimum absolute atomic E-state index is 0.00507. The van der Waals surface area contributed by atoms with Crippen molar-refractivity contribution in [2.75, 3.05) is 24.5 Å². The molecule has 9 heteroatoms. The quantitative estimate of drug-likeness (QED) is 0.608. The SMILES string of the molecule is O=C(NCCn1cnc(C2CC2)cc1=O)C1CCCN(c2ccc(-c3ccco3)nn2)C1. The summed E-state index contributed by atoms with van der Waals surface area (Å²) < 4.78 is 6.91. The molecule has 5 rings (SSSR count). The van der Waals surface area contributed by atoms with Crippen molar-refractivity contribution >= 4 is 11.7 Å². The number of hydrogen-bond donors (Lipinski definition) is 1. The standard InChI is InChI=1S/C23H26N6O3/c30-22-13-19(16-5-6-16)25-15-29(22)11-9-24-23(31)17-3-1-10-28(14-17)21-8-7-18(26-27-21)20-4-2-12-32-20/h2,4,7-8,12-13,15-17H,1,3,5-6,9-11,14H2,(H,24,31). The second-order valence-corrected chi connectivity index (χ2v) is 8.45. The summed E-state index contributed by atoms with van der Waals surface area (Å²) in [4.78, 5) is 31.4. The number of amides is 1. The van der Waals surface area contributed by atoms with E-state index in [0.717, 1.165) is 43.7 Å². The molecule has 1 saturated carbocycles. The van der Waals surface area contributed by atoms with Crippen LogP contribution in [0.2, 0.25) is 0 Å². The van der Waals surface area contributed by atoms with E-state index in [0.29, 0.717) is 37.0 Å². The highest BCUT2D eigenvalue weighted by Crippen LogP contribution is 2.38. The number of aromatic nitrogens is 4. The fraction of sp³-hybridized carbons (Fsp3) is 0.435. The van der Waals surface area contributed by atoms with Crippen LogP contribution in [0.4, 0.5) is 5.82 Å². The third-order valence-corrected chi connectivity index (χ3v) is 6.09. The van der Waals surface area contributed by atoms with Gasteiger partial charge in [-0.2, -0.15) is 0 Å². The maximum atomic E-state index is 12.7. The van der Waals surface area contributed by atoms with Gasteiger partial charge in [0.15, 0.2) is 11.6 Å². The molecule has 0 bridgehead atoms. The molecule has 2 aliphatic rings. The maximum Gasteiger partial charge on any atom is 0.253 e. The zero-order valence-electron chi connectivity index (χ0n) is 17.8. The molecular weight excluding hydrogens is 408 g/mol. The van der Waals surface area contributed by atoms with E-state index < -0.39 is 0 Å². The minimum Gasteiger partial charge on any atom is -0.463 e. The van der Waals surface area contributed by atoms with E-state index in [1.165, 1.54) is 0 Å². The summed E-state index contributed by atoms with van der Waals surface area (Å²) in [5.41, 5.74) is 1.51. The second kappa shape index (κ2) is 8.94. The normalized spacial score (nSPS) is 18.5. The van der Waals surface area contributed by atoms with Gasteiger partial charge in [-0.3, -0.25) is 14.2 Å². The van der Waals surface area contributed by atoms with Crippen LogP contribution in [0.25, 0.3) is 11.5 Å². The smallest absolute Gasteiger partial charge is 0.253 e. The summed E-state index contributed by atoms with van der Waals surface area (Å²) in [6, 6.07) is 9.07. The first-order chi connectivity index (χ1) is 15.7. The van der Waals surface area contributed by atoms with Gasteiger partial charge >= 0.3 is 0 Å². The number of furan rings is 1. The Morgan fingerprint density at radius 2 is 2.09 bits per heavy atom. The predicted octanol–water partition coefficient (Wildman–Crippen LogP) is 2.20. The van der Waals surface area contributed by atoms with E-state index in [-0.39, 0.29) is 17.4 Å². The lowest BCUT2D eigenvalue weighted by Crippen LogP contribution is -2.44. The van der Waals surface area contributed by atoms with E-state index in [9.17, 15) is 9.59 Å².